The van der Waals surface area contributed by atoms with Crippen LogP contribution >= 0.6 is 0 Å². The van der Waals surface area contributed by atoms with Gasteiger partial charge in [0, 0.05) is 18.1 Å². The number of hydrogen-bond acceptors (Lipinski definition) is 2. The number of rotatable bonds is 1. The van der Waals surface area contributed by atoms with Gasteiger partial charge in [0.15, 0.2) is 5.78 Å². The van der Waals surface area contributed by atoms with Gasteiger partial charge in [-0.05, 0) is 35.7 Å². The highest BCUT2D eigenvalue weighted by molar-refractivity contribution is 6.08. The molecule has 2 heteroatoms. The Bertz CT molecular complexity index is 700. The molecule has 2 aromatic rings. The van der Waals surface area contributed by atoms with Crippen molar-refractivity contribution in [1.82, 2.24) is 0 Å². The Morgan fingerprint density at radius 1 is 0.944 bits per heavy atom. The molecule has 0 N–H and O–H groups in total. The van der Waals surface area contributed by atoms with Gasteiger partial charge < -0.3 is 0 Å². The molecule has 2 aromatic carbocycles. The van der Waals surface area contributed by atoms with Crippen molar-refractivity contribution in [2.24, 2.45) is 0 Å². The smallest absolute Gasteiger partial charge is 0.202 e. The molecule has 0 heterocycles. The van der Waals surface area contributed by atoms with E-state index < -0.39 is 0 Å². The SMILES string of the molecule is CC(=O)C#Cc1ccc(C(C)=O)c2ccccc12. The minimum atomic E-state index is -0.172. The molecule has 0 aliphatic rings. The second-order valence-corrected chi connectivity index (χ2v) is 4.07. The van der Waals surface area contributed by atoms with Crippen molar-refractivity contribution in [3.8, 4) is 11.8 Å². The van der Waals surface area contributed by atoms with Gasteiger partial charge >= 0.3 is 0 Å². The number of fused-ring (bicyclic) bond motifs is 1. The van der Waals surface area contributed by atoms with Crippen molar-refractivity contribution in [3.63, 3.8) is 0 Å². The first-order valence-electron chi connectivity index (χ1n) is 5.65. The standard InChI is InChI=1S/C16H12O2/c1-11(17)7-8-13-9-10-14(12(2)18)16-6-4-3-5-15(13)16/h3-6,9-10H,1-2H3. The highest BCUT2D eigenvalue weighted by atomic mass is 16.1. The van der Waals surface area contributed by atoms with Gasteiger partial charge in [-0.15, -0.1) is 0 Å². The van der Waals surface area contributed by atoms with Crippen molar-refractivity contribution in [2.45, 2.75) is 13.8 Å². The summed E-state index contributed by atoms with van der Waals surface area (Å²) in [6, 6.07) is 11.1. The van der Waals surface area contributed by atoms with Crippen LogP contribution in [0, 0.1) is 11.8 Å². The Labute approximate surface area is 106 Å². The second kappa shape index (κ2) is 4.85. The van der Waals surface area contributed by atoms with Crippen molar-refractivity contribution < 1.29 is 9.59 Å². The van der Waals surface area contributed by atoms with E-state index >= 15 is 0 Å². The minimum Gasteiger partial charge on any atom is -0.294 e. The van der Waals surface area contributed by atoms with Gasteiger partial charge in [-0.1, -0.05) is 30.2 Å². The zero-order valence-electron chi connectivity index (χ0n) is 10.3. The number of hydrogen-bond donors (Lipinski definition) is 0. The van der Waals surface area contributed by atoms with E-state index in [-0.39, 0.29) is 11.6 Å². The average Bonchev–Trinajstić information content (AvgIpc) is 2.35. The summed E-state index contributed by atoms with van der Waals surface area (Å²) in [7, 11) is 0. The lowest BCUT2D eigenvalue weighted by Gasteiger charge is -2.05. The molecule has 0 aromatic heterocycles. The maximum absolute atomic E-state index is 11.5. The molecule has 2 nitrogen and oxygen atoms in total. The molecule has 0 spiro atoms. The Hall–Kier alpha value is -2.40. The zero-order valence-corrected chi connectivity index (χ0v) is 10.3. The van der Waals surface area contributed by atoms with Crippen LogP contribution in [0.5, 0.6) is 0 Å². The molecule has 2 rings (SSSR count). The molecule has 0 saturated heterocycles. The van der Waals surface area contributed by atoms with Gasteiger partial charge in [0.05, 0.1) is 0 Å². The first kappa shape index (κ1) is 12.1. The number of Topliss-reactive ketones (excluding diaryl/α,β-unsaturated/α-hetero) is 2. The molecule has 88 valence electrons. The summed E-state index contributed by atoms with van der Waals surface area (Å²) in [6.07, 6.45) is 0. The van der Waals surface area contributed by atoms with Gasteiger partial charge in [0.2, 0.25) is 5.78 Å². The molecule has 0 radical (unpaired) electrons. The Balaban J connectivity index is 2.73. The Kier molecular flexibility index (Phi) is 3.25. The van der Waals surface area contributed by atoms with Crippen molar-refractivity contribution >= 4 is 22.3 Å². The van der Waals surface area contributed by atoms with Crippen LogP contribution < -0.4 is 0 Å². The summed E-state index contributed by atoms with van der Waals surface area (Å²) in [6.45, 7) is 2.97. The third-order valence-corrected chi connectivity index (χ3v) is 2.68. The molecule has 18 heavy (non-hydrogen) atoms. The number of benzene rings is 2. The number of carbonyl (C=O) groups is 2. The summed E-state index contributed by atoms with van der Waals surface area (Å²) >= 11 is 0. The van der Waals surface area contributed by atoms with Crippen LogP contribution in [0.25, 0.3) is 10.8 Å². The molecule has 0 unspecified atom stereocenters. The lowest BCUT2D eigenvalue weighted by atomic mass is 9.98. The summed E-state index contributed by atoms with van der Waals surface area (Å²) in [5.41, 5.74) is 1.45. The maximum Gasteiger partial charge on any atom is 0.202 e. The van der Waals surface area contributed by atoms with Gasteiger partial charge in [0.25, 0.3) is 0 Å². The third kappa shape index (κ3) is 2.31. The van der Waals surface area contributed by atoms with E-state index in [1.54, 1.807) is 19.1 Å². The Morgan fingerprint density at radius 3 is 2.22 bits per heavy atom. The molecule has 0 saturated carbocycles. The summed E-state index contributed by atoms with van der Waals surface area (Å²) in [4.78, 5) is 22.4. The van der Waals surface area contributed by atoms with Crippen LogP contribution in [0.4, 0.5) is 0 Å². The van der Waals surface area contributed by atoms with Crippen LogP contribution in [-0.4, -0.2) is 11.6 Å². The van der Waals surface area contributed by atoms with E-state index in [2.05, 4.69) is 11.8 Å². The molecule has 0 aliphatic heterocycles. The second-order valence-electron chi connectivity index (χ2n) is 4.07. The summed E-state index contributed by atoms with van der Waals surface area (Å²) < 4.78 is 0. The monoisotopic (exact) mass is 236 g/mol. The predicted octanol–water partition coefficient (Wildman–Crippen LogP) is 2.98. The fourth-order valence-electron chi connectivity index (χ4n) is 1.87. The van der Waals surface area contributed by atoms with E-state index in [9.17, 15) is 9.59 Å². The third-order valence-electron chi connectivity index (χ3n) is 2.68. The van der Waals surface area contributed by atoms with Crippen LogP contribution in [0.3, 0.4) is 0 Å². The van der Waals surface area contributed by atoms with Gasteiger partial charge in [0.1, 0.15) is 0 Å². The molecule has 0 aliphatic carbocycles. The zero-order chi connectivity index (χ0) is 13.1. The first-order valence-corrected chi connectivity index (χ1v) is 5.65. The molecule has 0 atom stereocenters. The topological polar surface area (TPSA) is 34.1 Å². The van der Waals surface area contributed by atoms with Crippen LogP contribution in [-0.2, 0) is 4.79 Å². The highest BCUT2D eigenvalue weighted by Crippen LogP contribution is 2.22. The van der Waals surface area contributed by atoms with Gasteiger partial charge in [-0.2, -0.15) is 0 Å². The van der Waals surface area contributed by atoms with E-state index in [1.165, 1.54) is 6.92 Å². The van der Waals surface area contributed by atoms with Crippen LogP contribution in [0.2, 0.25) is 0 Å². The number of carbonyl (C=O) groups excluding carboxylic acids is 2. The lowest BCUT2D eigenvalue weighted by molar-refractivity contribution is -0.111. The fourth-order valence-corrected chi connectivity index (χ4v) is 1.87. The van der Waals surface area contributed by atoms with E-state index in [0.717, 1.165) is 16.3 Å². The molecule has 0 bridgehead atoms. The molecule has 0 amide bonds. The van der Waals surface area contributed by atoms with Crippen LogP contribution in [0.1, 0.15) is 29.8 Å². The first-order chi connectivity index (χ1) is 8.59. The normalized spacial score (nSPS) is 9.67. The Morgan fingerprint density at radius 2 is 1.61 bits per heavy atom. The van der Waals surface area contributed by atoms with Crippen molar-refractivity contribution in [2.75, 3.05) is 0 Å². The van der Waals surface area contributed by atoms with Gasteiger partial charge in [-0.3, -0.25) is 9.59 Å². The van der Waals surface area contributed by atoms with Crippen molar-refractivity contribution in [3.05, 3.63) is 47.5 Å². The minimum absolute atomic E-state index is 0.0253. The largest absolute Gasteiger partial charge is 0.294 e. The predicted molar refractivity (Wildman–Crippen MR) is 71.5 cm³/mol. The molecule has 0 fully saturated rings. The lowest BCUT2D eigenvalue weighted by Crippen LogP contribution is -1.95. The summed E-state index contributed by atoms with van der Waals surface area (Å²) in [5.74, 6) is 5.22. The van der Waals surface area contributed by atoms with E-state index in [0.29, 0.717) is 5.56 Å². The maximum atomic E-state index is 11.5. The molecular formula is C16H12O2. The number of ketones is 2. The summed E-state index contributed by atoms with van der Waals surface area (Å²) in [5, 5.41) is 1.78. The van der Waals surface area contributed by atoms with E-state index in [4.69, 9.17) is 0 Å². The van der Waals surface area contributed by atoms with E-state index in [1.807, 2.05) is 24.3 Å². The van der Waals surface area contributed by atoms with Crippen molar-refractivity contribution in [1.29, 1.82) is 0 Å². The highest BCUT2D eigenvalue weighted by Gasteiger charge is 2.07. The fraction of sp³-hybridized carbons (Fsp3) is 0.125. The molecular weight excluding hydrogens is 224 g/mol. The van der Waals surface area contributed by atoms with Gasteiger partial charge in [-0.25, -0.2) is 0 Å². The van der Waals surface area contributed by atoms with Crippen LogP contribution in [0.15, 0.2) is 36.4 Å². The quantitative estimate of drug-likeness (QED) is 0.563. The average molecular weight is 236 g/mol.